The number of hydrogen-bond donors (Lipinski definition) is 1. The molecule has 8 heteroatoms. The molecule has 1 saturated heterocycles. The highest BCUT2D eigenvalue weighted by Gasteiger charge is 2.32. The van der Waals surface area contributed by atoms with Crippen LogP contribution in [0.5, 0.6) is 5.75 Å². The number of hydrogen-bond acceptors (Lipinski definition) is 4. The molecule has 1 fully saturated rings. The van der Waals surface area contributed by atoms with Crippen LogP contribution in [0.2, 0.25) is 0 Å². The molecule has 0 bridgehead atoms. The third-order valence-electron chi connectivity index (χ3n) is 3.74. The highest BCUT2D eigenvalue weighted by Crippen LogP contribution is 2.22. The Morgan fingerprint density at radius 2 is 1.67 bits per heavy atom. The number of para-hydroxylation sites is 1. The number of amides is 2. The number of halogens is 2. The van der Waals surface area contributed by atoms with E-state index in [-0.39, 0.29) is 17.2 Å². The fourth-order valence-corrected chi connectivity index (χ4v) is 2.53. The molecule has 0 aromatic heterocycles. The molecule has 132 valence electrons. The van der Waals surface area contributed by atoms with E-state index in [2.05, 4.69) is 4.74 Å². The van der Waals surface area contributed by atoms with Crippen LogP contribution in [-0.2, 0) is 4.79 Å². The molecule has 2 rings (SSSR count). The van der Waals surface area contributed by atoms with Crippen molar-refractivity contribution in [2.45, 2.75) is 26.0 Å². The highest BCUT2D eigenvalue weighted by molar-refractivity contribution is 5.97. The molecule has 6 nitrogen and oxygen atoms in total. The lowest BCUT2D eigenvalue weighted by Crippen LogP contribution is -2.57. The Labute approximate surface area is 139 Å². The molecule has 0 aliphatic carbocycles. The summed E-state index contributed by atoms with van der Waals surface area (Å²) in [5, 5.41) is 0. The number of piperazine rings is 1. The number of alkyl halides is 2. The van der Waals surface area contributed by atoms with E-state index in [0.29, 0.717) is 26.2 Å². The van der Waals surface area contributed by atoms with Crippen molar-refractivity contribution in [3.8, 4) is 5.75 Å². The lowest BCUT2D eigenvalue weighted by molar-refractivity contribution is -0.137. The number of carbonyl (C=O) groups excluding carboxylic acids is 2. The number of benzene rings is 1. The van der Waals surface area contributed by atoms with E-state index < -0.39 is 18.1 Å². The van der Waals surface area contributed by atoms with Crippen molar-refractivity contribution in [3.05, 3.63) is 29.8 Å². The van der Waals surface area contributed by atoms with E-state index in [0.717, 1.165) is 0 Å². The number of nitrogens with zero attached hydrogens (tertiary/aromatic N) is 2. The highest BCUT2D eigenvalue weighted by atomic mass is 19.3. The largest absolute Gasteiger partial charge is 0.434 e. The zero-order valence-electron chi connectivity index (χ0n) is 13.7. The molecule has 24 heavy (non-hydrogen) atoms. The molecule has 2 N–H and O–H groups in total. The van der Waals surface area contributed by atoms with Crippen LogP contribution in [0.4, 0.5) is 8.78 Å². The summed E-state index contributed by atoms with van der Waals surface area (Å²) < 4.78 is 29.3. The van der Waals surface area contributed by atoms with Crippen LogP contribution in [0, 0.1) is 0 Å². The monoisotopic (exact) mass is 341 g/mol. The first kappa shape index (κ1) is 18.1. The van der Waals surface area contributed by atoms with Crippen LogP contribution < -0.4 is 10.5 Å². The fourth-order valence-electron chi connectivity index (χ4n) is 2.53. The molecule has 0 radical (unpaired) electrons. The van der Waals surface area contributed by atoms with E-state index in [4.69, 9.17) is 5.73 Å². The summed E-state index contributed by atoms with van der Waals surface area (Å²) in [7, 11) is 0. The predicted octanol–water partition coefficient (Wildman–Crippen LogP) is 1.31. The minimum absolute atomic E-state index is 0.0803. The van der Waals surface area contributed by atoms with Gasteiger partial charge in [0.15, 0.2) is 0 Å². The Morgan fingerprint density at radius 3 is 2.21 bits per heavy atom. The zero-order chi connectivity index (χ0) is 17.9. The van der Waals surface area contributed by atoms with E-state index in [1.165, 1.54) is 23.1 Å². The number of carbonyl (C=O) groups is 2. The first-order valence-electron chi connectivity index (χ1n) is 7.61. The quantitative estimate of drug-likeness (QED) is 0.896. The molecule has 0 unspecified atom stereocenters. The Kier molecular flexibility index (Phi) is 5.38. The minimum atomic E-state index is -3.00. The second-order valence-electron chi connectivity index (χ2n) is 6.18. The Balaban J connectivity index is 2.05. The summed E-state index contributed by atoms with van der Waals surface area (Å²) in [4.78, 5) is 27.8. The van der Waals surface area contributed by atoms with Gasteiger partial charge in [0, 0.05) is 26.2 Å². The molecule has 0 atom stereocenters. The van der Waals surface area contributed by atoms with Crippen molar-refractivity contribution in [1.82, 2.24) is 9.80 Å². The summed E-state index contributed by atoms with van der Waals surface area (Å²) in [5.41, 5.74) is 4.91. The molecule has 2 amide bonds. The topological polar surface area (TPSA) is 75.9 Å². The van der Waals surface area contributed by atoms with E-state index >= 15 is 0 Å². The molecule has 1 heterocycles. The van der Waals surface area contributed by atoms with Crippen molar-refractivity contribution in [2.75, 3.05) is 26.2 Å². The second kappa shape index (κ2) is 7.12. The van der Waals surface area contributed by atoms with Gasteiger partial charge in [-0.1, -0.05) is 12.1 Å². The zero-order valence-corrected chi connectivity index (χ0v) is 13.7. The molecule has 1 aromatic carbocycles. The average molecular weight is 341 g/mol. The van der Waals surface area contributed by atoms with Gasteiger partial charge in [0.1, 0.15) is 5.75 Å². The van der Waals surface area contributed by atoms with Crippen molar-refractivity contribution in [1.29, 1.82) is 0 Å². The summed E-state index contributed by atoms with van der Waals surface area (Å²) >= 11 is 0. The van der Waals surface area contributed by atoms with Gasteiger partial charge in [-0.25, -0.2) is 0 Å². The summed E-state index contributed by atoms with van der Waals surface area (Å²) in [5.74, 6) is -0.736. The lowest BCUT2D eigenvalue weighted by Gasteiger charge is -2.37. The van der Waals surface area contributed by atoms with Gasteiger partial charge in [-0.2, -0.15) is 8.78 Å². The Bertz CT molecular complexity index is 609. The Hall–Kier alpha value is -2.22. The number of ether oxygens (including phenoxy) is 1. The minimum Gasteiger partial charge on any atom is -0.434 e. The van der Waals surface area contributed by atoms with Crippen LogP contribution >= 0.6 is 0 Å². The smallest absolute Gasteiger partial charge is 0.387 e. The molecule has 1 aromatic rings. The van der Waals surface area contributed by atoms with Gasteiger partial charge >= 0.3 is 6.61 Å². The third kappa shape index (κ3) is 4.19. The van der Waals surface area contributed by atoms with Gasteiger partial charge in [0.05, 0.1) is 11.1 Å². The van der Waals surface area contributed by atoms with Gasteiger partial charge in [0.2, 0.25) is 5.91 Å². The number of rotatable bonds is 4. The first-order chi connectivity index (χ1) is 11.2. The van der Waals surface area contributed by atoms with Crippen LogP contribution in [-0.4, -0.2) is 59.9 Å². The fraction of sp³-hybridized carbons (Fsp3) is 0.500. The summed E-state index contributed by atoms with van der Waals surface area (Å²) in [6, 6.07) is 5.88. The van der Waals surface area contributed by atoms with E-state index in [9.17, 15) is 18.4 Å². The maximum absolute atomic E-state index is 12.5. The van der Waals surface area contributed by atoms with Crippen molar-refractivity contribution < 1.29 is 23.1 Å². The third-order valence-corrected chi connectivity index (χ3v) is 3.74. The van der Waals surface area contributed by atoms with Gasteiger partial charge in [-0.3, -0.25) is 9.59 Å². The molecular weight excluding hydrogens is 320 g/mol. The predicted molar refractivity (Wildman–Crippen MR) is 83.8 cm³/mol. The summed E-state index contributed by atoms with van der Waals surface area (Å²) in [6.07, 6.45) is 0. The van der Waals surface area contributed by atoms with Crippen LogP contribution in [0.1, 0.15) is 24.2 Å². The summed E-state index contributed by atoms with van der Waals surface area (Å²) in [6.45, 7) is 1.58. The maximum atomic E-state index is 12.5. The van der Waals surface area contributed by atoms with Crippen LogP contribution in [0.25, 0.3) is 0 Å². The van der Waals surface area contributed by atoms with Gasteiger partial charge < -0.3 is 20.3 Å². The first-order valence-corrected chi connectivity index (χ1v) is 7.61. The van der Waals surface area contributed by atoms with E-state index in [1.807, 2.05) is 0 Å². The molecule has 1 aliphatic heterocycles. The Morgan fingerprint density at radius 1 is 1.12 bits per heavy atom. The standard InChI is InChI=1S/C16H21F2N3O3/c1-16(2,19)14(23)21-9-7-20(8-10-21)13(22)11-5-3-4-6-12(11)24-15(17)18/h3-6,15H,7-10,19H2,1-2H3. The normalized spacial score (nSPS) is 15.6. The van der Waals surface area contributed by atoms with Crippen LogP contribution in [0.15, 0.2) is 24.3 Å². The van der Waals surface area contributed by atoms with Gasteiger partial charge in [-0.05, 0) is 26.0 Å². The van der Waals surface area contributed by atoms with Crippen LogP contribution in [0.3, 0.4) is 0 Å². The SMILES string of the molecule is CC(C)(N)C(=O)N1CCN(C(=O)c2ccccc2OC(F)F)CC1. The molecule has 0 spiro atoms. The van der Waals surface area contributed by atoms with Crippen molar-refractivity contribution in [2.24, 2.45) is 5.73 Å². The average Bonchev–Trinajstić information content (AvgIpc) is 2.53. The van der Waals surface area contributed by atoms with Crippen molar-refractivity contribution in [3.63, 3.8) is 0 Å². The molecular formula is C16H21F2N3O3. The van der Waals surface area contributed by atoms with Gasteiger partial charge in [0.25, 0.3) is 5.91 Å². The number of nitrogens with two attached hydrogens (primary N) is 1. The lowest BCUT2D eigenvalue weighted by atomic mass is 10.0. The second-order valence-corrected chi connectivity index (χ2v) is 6.18. The van der Waals surface area contributed by atoms with E-state index in [1.54, 1.807) is 24.8 Å². The molecule has 0 saturated carbocycles. The molecule has 1 aliphatic rings. The maximum Gasteiger partial charge on any atom is 0.387 e. The van der Waals surface area contributed by atoms with Gasteiger partial charge in [-0.15, -0.1) is 0 Å². The van der Waals surface area contributed by atoms with Crippen molar-refractivity contribution >= 4 is 11.8 Å².